The van der Waals surface area contributed by atoms with Crippen LogP contribution in [0.4, 0.5) is 0 Å². The van der Waals surface area contributed by atoms with Crippen molar-refractivity contribution in [2.45, 2.75) is 5.92 Å². The largest absolute Gasteiger partial charge is 0.411 e. The van der Waals surface area contributed by atoms with Crippen LogP contribution >= 0.6 is 0 Å². The van der Waals surface area contributed by atoms with Gasteiger partial charge in [-0.15, -0.1) is 5.16 Å². The molecule has 3 rings (SSSR count). The highest BCUT2D eigenvalue weighted by atomic mass is 16.4. The summed E-state index contributed by atoms with van der Waals surface area (Å²) in [4.78, 5) is 0. The fourth-order valence-corrected chi connectivity index (χ4v) is 2.42. The monoisotopic (exact) mass is 209 g/mol. The Morgan fingerprint density at radius 1 is 0.875 bits per heavy atom. The Morgan fingerprint density at radius 2 is 1.38 bits per heavy atom. The summed E-state index contributed by atoms with van der Waals surface area (Å²) in [7, 11) is 0. The molecule has 0 unspecified atom stereocenters. The molecule has 1 N–H and O–H groups in total. The van der Waals surface area contributed by atoms with Gasteiger partial charge >= 0.3 is 0 Å². The molecule has 1 aliphatic rings. The van der Waals surface area contributed by atoms with Gasteiger partial charge in [0.05, 0.1) is 6.21 Å². The third-order valence-corrected chi connectivity index (χ3v) is 3.10. The maximum atomic E-state index is 8.75. The van der Waals surface area contributed by atoms with Gasteiger partial charge in [-0.3, -0.25) is 0 Å². The van der Waals surface area contributed by atoms with Crippen molar-refractivity contribution in [1.29, 1.82) is 0 Å². The van der Waals surface area contributed by atoms with E-state index in [1.54, 1.807) is 6.21 Å². The van der Waals surface area contributed by atoms with Crippen LogP contribution in [0.3, 0.4) is 0 Å². The molecule has 16 heavy (non-hydrogen) atoms. The lowest BCUT2D eigenvalue weighted by molar-refractivity contribution is 0.320. The van der Waals surface area contributed by atoms with E-state index in [9.17, 15) is 0 Å². The molecule has 2 nitrogen and oxygen atoms in total. The molecule has 1 aliphatic carbocycles. The molecule has 0 radical (unpaired) electrons. The van der Waals surface area contributed by atoms with Crippen molar-refractivity contribution in [3.8, 4) is 11.1 Å². The molecule has 0 saturated heterocycles. The zero-order valence-electron chi connectivity index (χ0n) is 8.67. The molecule has 0 atom stereocenters. The molecule has 2 heteroatoms. The van der Waals surface area contributed by atoms with Crippen molar-refractivity contribution in [2.75, 3.05) is 0 Å². The van der Waals surface area contributed by atoms with E-state index < -0.39 is 0 Å². The fourth-order valence-electron chi connectivity index (χ4n) is 2.42. The Balaban J connectivity index is 2.29. The van der Waals surface area contributed by atoms with E-state index in [0.29, 0.717) is 0 Å². The van der Waals surface area contributed by atoms with Crippen LogP contribution in [-0.4, -0.2) is 11.4 Å². The second kappa shape index (κ2) is 3.49. The smallest absolute Gasteiger partial charge is 0.0555 e. The molecule has 0 aliphatic heterocycles. The van der Waals surface area contributed by atoms with Gasteiger partial charge in [-0.25, -0.2) is 0 Å². The van der Waals surface area contributed by atoms with Crippen LogP contribution in [0.1, 0.15) is 17.0 Å². The molecule has 0 bridgehead atoms. The standard InChI is InChI=1S/C14H11NO/c16-15-9-14-12-7-3-1-5-10(12)11-6-2-4-8-13(11)14/h1-9,14,16H/b15-9-. The number of oxime groups is 1. The molecule has 0 fully saturated rings. The van der Waals surface area contributed by atoms with Gasteiger partial charge in [0, 0.05) is 5.92 Å². The Hall–Kier alpha value is -2.09. The van der Waals surface area contributed by atoms with E-state index in [0.717, 1.165) is 0 Å². The maximum absolute atomic E-state index is 8.75. The first-order valence-electron chi connectivity index (χ1n) is 5.27. The summed E-state index contributed by atoms with van der Waals surface area (Å²) in [5, 5.41) is 11.9. The topological polar surface area (TPSA) is 32.6 Å². The summed E-state index contributed by atoms with van der Waals surface area (Å²) in [6, 6.07) is 16.5. The summed E-state index contributed by atoms with van der Waals surface area (Å²) in [6.45, 7) is 0. The number of fused-ring (bicyclic) bond motifs is 3. The lowest BCUT2D eigenvalue weighted by atomic mass is 9.99. The van der Waals surface area contributed by atoms with Gasteiger partial charge in [0.2, 0.25) is 0 Å². The van der Waals surface area contributed by atoms with Crippen molar-refractivity contribution in [1.82, 2.24) is 0 Å². The molecule has 0 aromatic heterocycles. The molecule has 0 saturated carbocycles. The van der Waals surface area contributed by atoms with Crippen molar-refractivity contribution >= 4 is 6.21 Å². The molecular formula is C14H11NO. The van der Waals surface area contributed by atoms with Crippen LogP contribution in [0.5, 0.6) is 0 Å². The van der Waals surface area contributed by atoms with Crippen LogP contribution < -0.4 is 0 Å². The van der Waals surface area contributed by atoms with Gasteiger partial charge in [0.1, 0.15) is 0 Å². The second-order valence-corrected chi connectivity index (χ2v) is 3.92. The van der Waals surface area contributed by atoms with E-state index in [2.05, 4.69) is 29.4 Å². The van der Waals surface area contributed by atoms with Gasteiger partial charge in [0.15, 0.2) is 0 Å². The summed E-state index contributed by atoms with van der Waals surface area (Å²) >= 11 is 0. The Labute approximate surface area is 93.9 Å². The van der Waals surface area contributed by atoms with Crippen LogP contribution in [-0.2, 0) is 0 Å². The first-order chi connectivity index (χ1) is 7.92. The summed E-state index contributed by atoms with van der Waals surface area (Å²) in [6.07, 6.45) is 1.59. The highest BCUT2D eigenvalue weighted by Crippen LogP contribution is 2.43. The first kappa shape index (κ1) is 9.16. The lowest BCUT2D eigenvalue weighted by Crippen LogP contribution is -1.97. The van der Waals surface area contributed by atoms with Crippen molar-refractivity contribution in [3.63, 3.8) is 0 Å². The number of hydrogen-bond donors (Lipinski definition) is 1. The third kappa shape index (κ3) is 1.16. The normalized spacial score (nSPS) is 14.0. The summed E-state index contributed by atoms with van der Waals surface area (Å²) in [5.41, 5.74) is 4.90. The quantitative estimate of drug-likeness (QED) is 0.436. The number of hydrogen-bond acceptors (Lipinski definition) is 2. The molecule has 0 spiro atoms. The number of benzene rings is 2. The SMILES string of the molecule is O/N=C\C1c2ccccc2-c2ccccc21. The van der Waals surface area contributed by atoms with E-state index in [1.165, 1.54) is 22.3 Å². The van der Waals surface area contributed by atoms with Gasteiger partial charge in [-0.1, -0.05) is 48.5 Å². The number of nitrogens with zero attached hydrogens (tertiary/aromatic N) is 1. The Morgan fingerprint density at radius 3 is 1.88 bits per heavy atom. The molecule has 0 heterocycles. The summed E-state index contributed by atoms with van der Waals surface area (Å²) < 4.78 is 0. The predicted molar refractivity (Wildman–Crippen MR) is 64.0 cm³/mol. The molecule has 2 aromatic carbocycles. The highest BCUT2D eigenvalue weighted by Gasteiger charge is 2.26. The van der Waals surface area contributed by atoms with Crippen molar-refractivity contribution in [3.05, 3.63) is 59.7 Å². The zero-order chi connectivity index (χ0) is 11.0. The average molecular weight is 209 g/mol. The Kier molecular flexibility index (Phi) is 2.00. The van der Waals surface area contributed by atoms with E-state index in [1.807, 2.05) is 24.3 Å². The van der Waals surface area contributed by atoms with Crippen LogP contribution in [0.25, 0.3) is 11.1 Å². The number of rotatable bonds is 1. The molecular weight excluding hydrogens is 198 g/mol. The average Bonchev–Trinajstić information content (AvgIpc) is 2.66. The van der Waals surface area contributed by atoms with Gasteiger partial charge in [-0.2, -0.15) is 0 Å². The first-order valence-corrected chi connectivity index (χ1v) is 5.27. The highest BCUT2D eigenvalue weighted by molar-refractivity contribution is 5.89. The van der Waals surface area contributed by atoms with Crippen LogP contribution in [0, 0.1) is 0 Å². The van der Waals surface area contributed by atoms with E-state index in [-0.39, 0.29) is 5.92 Å². The van der Waals surface area contributed by atoms with Gasteiger partial charge < -0.3 is 5.21 Å². The minimum Gasteiger partial charge on any atom is -0.411 e. The summed E-state index contributed by atoms with van der Waals surface area (Å²) in [5.74, 6) is 0.0809. The van der Waals surface area contributed by atoms with E-state index >= 15 is 0 Å². The van der Waals surface area contributed by atoms with Gasteiger partial charge in [0.25, 0.3) is 0 Å². The zero-order valence-corrected chi connectivity index (χ0v) is 8.67. The van der Waals surface area contributed by atoms with Crippen molar-refractivity contribution in [2.24, 2.45) is 5.16 Å². The predicted octanol–water partition coefficient (Wildman–Crippen LogP) is 3.26. The minimum absolute atomic E-state index is 0.0809. The fraction of sp³-hybridized carbons (Fsp3) is 0.0714. The third-order valence-electron chi connectivity index (χ3n) is 3.10. The molecule has 2 aromatic rings. The van der Waals surface area contributed by atoms with Crippen LogP contribution in [0.15, 0.2) is 53.7 Å². The molecule has 0 amide bonds. The van der Waals surface area contributed by atoms with Crippen LogP contribution in [0.2, 0.25) is 0 Å². The lowest BCUT2D eigenvalue weighted by Gasteiger charge is -2.05. The maximum Gasteiger partial charge on any atom is 0.0555 e. The minimum atomic E-state index is 0.0809. The molecule has 78 valence electrons. The van der Waals surface area contributed by atoms with E-state index in [4.69, 9.17) is 5.21 Å². The van der Waals surface area contributed by atoms with Gasteiger partial charge in [-0.05, 0) is 22.3 Å². The second-order valence-electron chi connectivity index (χ2n) is 3.92. The Bertz CT molecular complexity index is 515. The van der Waals surface area contributed by atoms with Crippen molar-refractivity contribution < 1.29 is 5.21 Å².